The van der Waals surface area contributed by atoms with Crippen LogP contribution in [0.3, 0.4) is 0 Å². The van der Waals surface area contributed by atoms with Gasteiger partial charge in [0.1, 0.15) is 23.7 Å². The van der Waals surface area contributed by atoms with Crippen LogP contribution in [-0.2, 0) is 23.7 Å². The quantitative estimate of drug-likeness (QED) is 0.139. The van der Waals surface area contributed by atoms with Gasteiger partial charge in [-0.3, -0.25) is 18.9 Å². The van der Waals surface area contributed by atoms with Crippen LogP contribution in [0.1, 0.15) is 83.5 Å². The SMILES string of the molecule is COc1ccc2c(O[C@@H]3C[C@H]4C(=O)C[C@]5(P(C)(=O)O)C[C@H]5/C=C\CCCCC[C@H](CC(=O)OC5CCCC5)C(=O)N4C3)cc(-c3ccccc3)nc2c1. The lowest BCUT2D eigenvalue weighted by molar-refractivity contribution is -0.154. The minimum atomic E-state index is -3.67. The van der Waals surface area contributed by atoms with Crippen molar-refractivity contribution in [3.63, 3.8) is 0 Å². The lowest BCUT2D eigenvalue weighted by Crippen LogP contribution is -2.45. The Kier molecular flexibility index (Phi) is 11.1. The molecule has 3 fully saturated rings. The lowest BCUT2D eigenvalue weighted by atomic mass is 9.94. The average Bonchev–Trinajstić information content (AvgIpc) is 3.41. The zero-order chi connectivity index (χ0) is 37.2. The molecule has 1 N–H and O–H groups in total. The van der Waals surface area contributed by atoms with Gasteiger partial charge >= 0.3 is 5.97 Å². The van der Waals surface area contributed by atoms with Gasteiger partial charge in [-0.2, -0.15) is 0 Å². The number of esters is 1. The number of carbonyl (C=O) groups is 3. The number of amides is 1. The van der Waals surface area contributed by atoms with Crippen LogP contribution in [0.15, 0.2) is 66.7 Å². The predicted molar refractivity (Wildman–Crippen MR) is 203 cm³/mol. The Morgan fingerprint density at radius 1 is 1.00 bits per heavy atom. The number of rotatable bonds is 8. The lowest BCUT2D eigenvalue weighted by Gasteiger charge is -2.29. The number of ketones is 1. The fourth-order valence-electron chi connectivity index (χ4n) is 8.66. The van der Waals surface area contributed by atoms with Crippen LogP contribution >= 0.6 is 7.37 Å². The maximum Gasteiger partial charge on any atom is 0.306 e. The van der Waals surface area contributed by atoms with Gasteiger partial charge in [-0.25, -0.2) is 4.98 Å². The summed E-state index contributed by atoms with van der Waals surface area (Å²) < 4.78 is 31.4. The summed E-state index contributed by atoms with van der Waals surface area (Å²) in [6.45, 7) is 1.49. The Bertz CT molecular complexity index is 1900. The zero-order valence-corrected chi connectivity index (χ0v) is 31.7. The molecule has 2 saturated carbocycles. The normalized spacial score (nSPS) is 28.6. The first-order valence-corrected chi connectivity index (χ1v) is 21.4. The zero-order valence-electron chi connectivity index (χ0n) is 30.8. The largest absolute Gasteiger partial charge is 0.497 e. The molecule has 2 aromatic carbocycles. The molecule has 282 valence electrons. The number of nitrogens with zero attached hydrogens (tertiary/aromatic N) is 2. The van der Waals surface area contributed by atoms with Gasteiger partial charge in [-0.15, -0.1) is 0 Å². The van der Waals surface area contributed by atoms with Crippen molar-refractivity contribution < 1.29 is 38.1 Å². The molecule has 3 aromatic rings. The van der Waals surface area contributed by atoms with E-state index in [1.165, 1.54) is 6.66 Å². The molecule has 0 bridgehead atoms. The van der Waals surface area contributed by atoms with E-state index in [4.69, 9.17) is 19.2 Å². The van der Waals surface area contributed by atoms with Crippen molar-refractivity contribution >= 4 is 35.9 Å². The molecule has 4 aliphatic rings. The number of methoxy groups -OCH3 is 1. The molecule has 53 heavy (non-hydrogen) atoms. The van der Waals surface area contributed by atoms with Crippen LogP contribution in [0.25, 0.3) is 22.2 Å². The maximum atomic E-state index is 14.6. The molecule has 1 amide bonds. The topological polar surface area (TPSA) is 132 Å². The Labute approximate surface area is 311 Å². The van der Waals surface area contributed by atoms with Crippen molar-refractivity contribution in [3.8, 4) is 22.8 Å². The molecule has 7 rings (SSSR count). The number of hydrogen-bond donors (Lipinski definition) is 1. The van der Waals surface area contributed by atoms with Crippen LogP contribution in [0.2, 0.25) is 0 Å². The highest BCUT2D eigenvalue weighted by molar-refractivity contribution is 7.59. The number of aromatic nitrogens is 1. The van der Waals surface area contributed by atoms with Crippen LogP contribution < -0.4 is 9.47 Å². The van der Waals surface area contributed by atoms with Gasteiger partial charge in [0, 0.05) is 48.5 Å². The Balaban J connectivity index is 1.21. The number of Topliss-reactive ketones (excluding diaryl/α,β-unsaturated/α-hetero) is 1. The molecular formula is C42H51N2O8P. The molecule has 6 atom stereocenters. The van der Waals surface area contributed by atoms with Crippen LogP contribution in [0, 0.1) is 11.8 Å². The summed E-state index contributed by atoms with van der Waals surface area (Å²) in [6, 6.07) is 16.4. The fraction of sp³-hybridized carbons (Fsp3) is 0.524. The molecule has 2 aliphatic heterocycles. The smallest absolute Gasteiger partial charge is 0.306 e. The highest BCUT2D eigenvalue weighted by Gasteiger charge is 2.63. The Hall–Kier alpha value is -4.01. The highest BCUT2D eigenvalue weighted by atomic mass is 31.2. The van der Waals surface area contributed by atoms with Crippen molar-refractivity contribution in [1.29, 1.82) is 0 Å². The van der Waals surface area contributed by atoms with Crippen molar-refractivity contribution in [2.75, 3.05) is 20.3 Å². The van der Waals surface area contributed by atoms with Gasteiger partial charge < -0.3 is 24.0 Å². The van der Waals surface area contributed by atoms with E-state index in [9.17, 15) is 23.8 Å². The van der Waals surface area contributed by atoms with Crippen molar-refractivity contribution in [3.05, 3.63) is 66.7 Å². The molecule has 1 aromatic heterocycles. The average molecular weight is 743 g/mol. The van der Waals surface area contributed by atoms with Gasteiger partial charge in [0.05, 0.1) is 42.5 Å². The third kappa shape index (κ3) is 8.24. The number of carbonyl (C=O) groups excluding carboxylic acids is 3. The third-order valence-electron chi connectivity index (χ3n) is 11.8. The first kappa shape index (κ1) is 37.3. The van der Waals surface area contributed by atoms with Crippen LogP contribution in [0.5, 0.6) is 11.5 Å². The summed E-state index contributed by atoms with van der Waals surface area (Å²) in [7, 11) is -2.07. The minimum absolute atomic E-state index is 0.0394. The Morgan fingerprint density at radius 2 is 1.77 bits per heavy atom. The molecule has 1 unspecified atom stereocenters. The molecule has 0 spiro atoms. The standard InChI is InChI=1S/C42H51N2O8P/c1-50-32-19-20-34-36(22-32)43-35(28-13-8-6-9-14-28)24-39(34)51-33-23-37-38(45)26-42(53(2,48)49)25-30(42)16-10-5-3-4-7-15-29(41(47)44(37)27-33)21-40(46)52-31-17-11-12-18-31/h6,8-10,13-14,16,19-20,22,24,29-31,33,37H,3-5,7,11-12,15,17-18,21,23,25-27H2,1-2H3,(H,48,49)/b16-10-/t29-,30-,33-,37+,42-/m1/s1. The second-order valence-electron chi connectivity index (χ2n) is 15.5. The first-order valence-electron chi connectivity index (χ1n) is 19.3. The van der Waals surface area contributed by atoms with E-state index >= 15 is 0 Å². The van der Waals surface area contributed by atoms with Crippen molar-refractivity contribution in [1.82, 2.24) is 9.88 Å². The second-order valence-corrected chi connectivity index (χ2v) is 18.2. The summed E-state index contributed by atoms with van der Waals surface area (Å²) in [4.78, 5) is 59.8. The minimum Gasteiger partial charge on any atom is -0.497 e. The monoisotopic (exact) mass is 742 g/mol. The third-order valence-corrected chi connectivity index (χ3v) is 14.1. The maximum absolute atomic E-state index is 14.6. The molecular weight excluding hydrogens is 691 g/mol. The van der Waals surface area contributed by atoms with Crippen LogP contribution in [-0.4, -0.2) is 76.2 Å². The van der Waals surface area contributed by atoms with Gasteiger partial charge in [-0.1, -0.05) is 55.3 Å². The summed E-state index contributed by atoms with van der Waals surface area (Å²) in [5, 5.41) is -0.275. The number of allylic oxidation sites excluding steroid dienone is 2. The van der Waals surface area contributed by atoms with Gasteiger partial charge in [0.15, 0.2) is 5.78 Å². The molecule has 1 saturated heterocycles. The number of fused-ring (bicyclic) bond motifs is 3. The van der Waals surface area contributed by atoms with Crippen LogP contribution in [0.4, 0.5) is 0 Å². The van der Waals surface area contributed by atoms with E-state index in [0.717, 1.165) is 62.3 Å². The van der Waals surface area contributed by atoms with E-state index in [-0.39, 0.29) is 55.5 Å². The predicted octanol–water partition coefficient (Wildman–Crippen LogP) is 7.89. The second kappa shape index (κ2) is 15.8. The van der Waals surface area contributed by atoms with E-state index in [1.807, 2.05) is 60.7 Å². The van der Waals surface area contributed by atoms with E-state index in [1.54, 1.807) is 12.0 Å². The number of hydrogen-bond acceptors (Lipinski definition) is 8. The number of ether oxygens (including phenoxy) is 3. The van der Waals surface area contributed by atoms with Gasteiger partial charge in [0.2, 0.25) is 13.3 Å². The first-order chi connectivity index (χ1) is 25.5. The van der Waals surface area contributed by atoms with Crippen molar-refractivity contribution in [2.24, 2.45) is 11.8 Å². The van der Waals surface area contributed by atoms with Crippen molar-refractivity contribution in [2.45, 2.75) is 107 Å². The van der Waals surface area contributed by atoms with E-state index in [0.29, 0.717) is 35.6 Å². The molecule has 11 heteroatoms. The summed E-state index contributed by atoms with van der Waals surface area (Å²) in [6.07, 6.45) is 11.6. The Morgan fingerprint density at radius 3 is 2.53 bits per heavy atom. The molecule has 3 heterocycles. The molecule has 2 aliphatic carbocycles. The van der Waals surface area contributed by atoms with E-state index < -0.39 is 30.6 Å². The summed E-state index contributed by atoms with van der Waals surface area (Å²) in [5.74, 6) is -0.456. The molecule has 10 nitrogen and oxygen atoms in total. The summed E-state index contributed by atoms with van der Waals surface area (Å²) >= 11 is 0. The molecule has 0 radical (unpaired) electrons. The van der Waals surface area contributed by atoms with E-state index in [2.05, 4.69) is 6.08 Å². The number of benzene rings is 2. The fourth-order valence-corrected chi connectivity index (χ4v) is 10.3. The van der Waals surface area contributed by atoms with Gasteiger partial charge in [-0.05, 0) is 69.4 Å². The van der Waals surface area contributed by atoms with Gasteiger partial charge in [0.25, 0.3) is 0 Å². The number of pyridine rings is 1. The summed E-state index contributed by atoms with van der Waals surface area (Å²) in [5.41, 5.74) is 2.29. The highest BCUT2D eigenvalue weighted by Crippen LogP contribution is 2.71.